The molecule has 1 saturated heterocycles. The first-order chi connectivity index (χ1) is 11.7. The van der Waals surface area contributed by atoms with Crippen LogP contribution in [-0.2, 0) is 14.3 Å². The maximum absolute atomic E-state index is 12.7. The molecule has 2 aliphatic heterocycles. The Kier molecular flexibility index (Phi) is 4.82. The standard InChI is InChI=1S/C14H19N5O4S2/c1-6(25-13-15-17-18-16-13)7-5-24-11-9(20)10(21)19(11)8(7)12(22)23-14(2,3)4/h6,9,11,20H,5H2,1-4H3,(H,15,16,17,18)/t6?,9-,11+/m1/s1. The van der Waals surface area contributed by atoms with E-state index in [9.17, 15) is 14.7 Å². The molecule has 0 saturated carbocycles. The number of H-pyrrole nitrogens is 1. The number of nitrogens with one attached hydrogen (secondary N) is 1. The largest absolute Gasteiger partial charge is 0.455 e. The summed E-state index contributed by atoms with van der Waals surface area (Å²) in [6.45, 7) is 7.21. The molecule has 2 aliphatic rings. The predicted molar refractivity (Wildman–Crippen MR) is 91.5 cm³/mol. The second-order valence-electron chi connectivity index (χ2n) is 6.68. The molecule has 9 nitrogen and oxygen atoms in total. The summed E-state index contributed by atoms with van der Waals surface area (Å²) in [6.07, 6.45) is -1.08. The van der Waals surface area contributed by atoms with Crippen molar-refractivity contribution < 1.29 is 19.4 Å². The van der Waals surface area contributed by atoms with Crippen LogP contribution >= 0.6 is 23.5 Å². The summed E-state index contributed by atoms with van der Waals surface area (Å²) in [5.74, 6) is -0.535. The van der Waals surface area contributed by atoms with Gasteiger partial charge < -0.3 is 9.84 Å². The van der Waals surface area contributed by atoms with Gasteiger partial charge in [-0.25, -0.2) is 4.79 Å². The van der Waals surface area contributed by atoms with Crippen molar-refractivity contribution in [2.24, 2.45) is 0 Å². The van der Waals surface area contributed by atoms with Crippen LogP contribution in [0.5, 0.6) is 0 Å². The highest BCUT2D eigenvalue weighted by Gasteiger charge is 2.53. The van der Waals surface area contributed by atoms with Crippen LogP contribution in [0.15, 0.2) is 16.4 Å². The smallest absolute Gasteiger partial charge is 0.355 e. The lowest BCUT2D eigenvalue weighted by molar-refractivity contribution is -0.164. The molecule has 1 unspecified atom stereocenters. The maximum Gasteiger partial charge on any atom is 0.355 e. The van der Waals surface area contributed by atoms with Gasteiger partial charge in [0, 0.05) is 11.0 Å². The van der Waals surface area contributed by atoms with Gasteiger partial charge in [0.15, 0.2) is 6.10 Å². The number of aliphatic hydroxyl groups excluding tert-OH is 1. The molecule has 0 radical (unpaired) electrons. The zero-order chi connectivity index (χ0) is 18.4. The first kappa shape index (κ1) is 18.2. The van der Waals surface area contributed by atoms with Crippen molar-refractivity contribution in [1.82, 2.24) is 25.5 Å². The van der Waals surface area contributed by atoms with E-state index in [4.69, 9.17) is 4.74 Å². The monoisotopic (exact) mass is 385 g/mol. The summed E-state index contributed by atoms with van der Waals surface area (Å²) in [6, 6.07) is 0. The van der Waals surface area contributed by atoms with E-state index >= 15 is 0 Å². The molecule has 136 valence electrons. The van der Waals surface area contributed by atoms with Gasteiger partial charge in [-0.3, -0.25) is 9.69 Å². The molecule has 3 atom stereocenters. The molecule has 25 heavy (non-hydrogen) atoms. The van der Waals surface area contributed by atoms with Crippen molar-refractivity contribution in [3.63, 3.8) is 0 Å². The van der Waals surface area contributed by atoms with Gasteiger partial charge in [0.1, 0.15) is 16.7 Å². The molecule has 11 heteroatoms. The Bertz CT molecular complexity index is 715. The third-order valence-corrected chi connectivity index (χ3v) is 5.97. The van der Waals surface area contributed by atoms with E-state index in [-0.39, 0.29) is 10.9 Å². The van der Waals surface area contributed by atoms with Gasteiger partial charge in [-0.05, 0) is 38.5 Å². The summed E-state index contributed by atoms with van der Waals surface area (Å²) in [5, 5.41) is 23.4. The first-order valence-electron chi connectivity index (χ1n) is 7.68. The summed E-state index contributed by atoms with van der Waals surface area (Å²) in [7, 11) is 0. The van der Waals surface area contributed by atoms with E-state index in [2.05, 4.69) is 20.6 Å². The topological polar surface area (TPSA) is 121 Å². The number of β-lactam (4-membered cyclic amide) rings is 1. The maximum atomic E-state index is 12.7. The number of aromatic amines is 1. The number of nitrogens with zero attached hydrogens (tertiary/aromatic N) is 4. The molecule has 1 fully saturated rings. The number of ether oxygens (including phenoxy) is 1. The minimum Gasteiger partial charge on any atom is -0.455 e. The molecular formula is C14H19N5O4S2. The van der Waals surface area contributed by atoms with E-state index in [1.54, 1.807) is 20.8 Å². The van der Waals surface area contributed by atoms with Crippen molar-refractivity contribution in [2.45, 2.75) is 55.2 Å². The molecule has 1 aromatic heterocycles. The number of aromatic nitrogens is 4. The average molecular weight is 385 g/mol. The molecule has 1 amide bonds. The molecule has 1 aromatic rings. The first-order valence-corrected chi connectivity index (χ1v) is 9.61. The minimum absolute atomic E-state index is 0.167. The van der Waals surface area contributed by atoms with Crippen molar-refractivity contribution >= 4 is 35.4 Å². The van der Waals surface area contributed by atoms with Crippen LogP contribution in [0.2, 0.25) is 0 Å². The zero-order valence-corrected chi connectivity index (χ0v) is 15.8. The van der Waals surface area contributed by atoms with Crippen molar-refractivity contribution in [1.29, 1.82) is 0 Å². The normalized spacial score (nSPS) is 24.7. The van der Waals surface area contributed by atoms with Crippen LogP contribution in [0.25, 0.3) is 0 Å². The Morgan fingerprint density at radius 3 is 2.84 bits per heavy atom. The Morgan fingerprint density at radius 1 is 1.52 bits per heavy atom. The molecular weight excluding hydrogens is 366 g/mol. The van der Waals surface area contributed by atoms with Crippen LogP contribution in [0.4, 0.5) is 0 Å². The van der Waals surface area contributed by atoms with E-state index in [0.717, 1.165) is 5.57 Å². The number of amides is 1. The molecule has 0 spiro atoms. The number of thioether (sulfide) groups is 2. The lowest BCUT2D eigenvalue weighted by atomic mass is 10.0. The molecule has 0 aliphatic carbocycles. The summed E-state index contributed by atoms with van der Waals surface area (Å²) >= 11 is 2.75. The van der Waals surface area contributed by atoms with Gasteiger partial charge in [0.05, 0.1) is 0 Å². The SMILES string of the molecule is CC(Sc1nn[nH]n1)C1=C(C(=O)OC(C)(C)C)N2C(=O)[C@@H](O)[C@@H]2SC1. The highest BCUT2D eigenvalue weighted by Crippen LogP contribution is 2.43. The fraction of sp³-hybridized carbons (Fsp3) is 0.643. The number of fused-ring (bicyclic) bond motifs is 1. The van der Waals surface area contributed by atoms with E-state index in [1.807, 2.05) is 6.92 Å². The van der Waals surface area contributed by atoms with Gasteiger partial charge in [-0.15, -0.1) is 22.0 Å². The second kappa shape index (κ2) is 6.61. The number of rotatable bonds is 4. The fourth-order valence-corrected chi connectivity index (χ4v) is 4.88. The van der Waals surface area contributed by atoms with E-state index in [1.165, 1.54) is 28.4 Å². The van der Waals surface area contributed by atoms with Crippen LogP contribution in [-0.4, -0.2) is 70.6 Å². The number of tetrazole rings is 1. The second-order valence-corrected chi connectivity index (χ2v) is 9.10. The van der Waals surface area contributed by atoms with E-state index in [0.29, 0.717) is 10.9 Å². The predicted octanol–water partition coefficient (Wildman–Crippen LogP) is 0.552. The quantitative estimate of drug-likeness (QED) is 0.435. The minimum atomic E-state index is -1.08. The number of hydrogen-bond acceptors (Lipinski definition) is 9. The highest BCUT2D eigenvalue weighted by molar-refractivity contribution is 8.01. The summed E-state index contributed by atoms with van der Waals surface area (Å²) < 4.78 is 5.49. The number of hydrogen-bond donors (Lipinski definition) is 2. The third kappa shape index (κ3) is 3.53. The van der Waals surface area contributed by atoms with Crippen molar-refractivity contribution in [3.8, 4) is 0 Å². The van der Waals surface area contributed by atoms with Crippen LogP contribution in [0.3, 0.4) is 0 Å². The molecule has 3 rings (SSSR count). The van der Waals surface area contributed by atoms with Crippen LogP contribution in [0.1, 0.15) is 27.7 Å². The Labute approximate surface area is 152 Å². The third-order valence-electron chi connectivity index (χ3n) is 3.66. The Hall–Kier alpha value is -1.59. The Balaban J connectivity index is 1.93. The van der Waals surface area contributed by atoms with Gasteiger partial charge in [-0.2, -0.15) is 5.21 Å². The highest BCUT2D eigenvalue weighted by atomic mass is 32.2. The fourth-order valence-electron chi connectivity index (χ4n) is 2.55. The number of aliphatic hydroxyl groups is 1. The molecule has 2 N–H and O–H groups in total. The summed E-state index contributed by atoms with van der Waals surface area (Å²) in [5.41, 5.74) is 0.286. The molecule has 0 bridgehead atoms. The lowest BCUT2D eigenvalue weighted by Crippen LogP contribution is -2.65. The van der Waals surface area contributed by atoms with Crippen LogP contribution in [0, 0.1) is 0 Å². The molecule has 0 aromatic carbocycles. The number of carbonyl (C=O) groups is 2. The molecule has 3 heterocycles. The number of esters is 1. The van der Waals surface area contributed by atoms with Crippen molar-refractivity contribution in [3.05, 3.63) is 11.3 Å². The van der Waals surface area contributed by atoms with Gasteiger partial charge >= 0.3 is 5.97 Å². The Morgan fingerprint density at radius 2 is 2.24 bits per heavy atom. The lowest BCUT2D eigenvalue weighted by Gasteiger charge is -2.48. The van der Waals surface area contributed by atoms with Gasteiger partial charge in [-0.1, -0.05) is 11.8 Å². The van der Waals surface area contributed by atoms with Gasteiger partial charge in [0.25, 0.3) is 5.91 Å². The van der Waals surface area contributed by atoms with Crippen molar-refractivity contribution in [2.75, 3.05) is 5.75 Å². The number of carbonyl (C=O) groups excluding carboxylic acids is 2. The summed E-state index contributed by atoms with van der Waals surface area (Å²) in [4.78, 5) is 26.2. The zero-order valence-electron chi connectivity index (χ0n) is 14.2. The van der Waals surface area contributed by atoms with Crippen LogP contribution < -0.4 is 0 Å². The van der Waals surface area contributed by atoms with E-state index < -0.39 is 29.0 Å². The van der Waals surface area contributed by atoms with Gasteiger partial charge in [0.2, 0.25) is 5.16 Å². The average Bonchev–Trinajstić information content (AvgIpc) is 3.03.